The summed E-state index contributed by atoms with van der Waals surface area (Å²) >= 11 is 0. The summed E-state index contributed by atoms with van der Waals surface area (Å²) in [5, 5.41) is 21.6. The molecule has 0 fully saturated rings. The summed E-state index contributed by atoms with van der Waals surface area (Å²) < 4.78 is 24.4. The summed E-state index contributed by atoms with van der Waals surface area (Å²) in [5.41, 5.74) is 0.520. The predicted molar refractivity (Wildman–Crippen MR) is 64.3 cm³/mol. The Balaban J connectivity index is 2.44. The fourth-order valence-corrected chi connectivity index (χ4v) is 1.87. The molecule has 4 N–H and O–H groups in total. The Morgan fingerprint density at radius 1 is 1.29 bits per heavy atom. The lowest BCUT2D eigenvalue weighted by molar-refractivity contribution is 0.398. The van der Waals surface area contributed by atoms with Gasteiger partial charge in [0.25, 0.3) is 0 Å². The molecule has 0 radical (unpaired) electrons. The van der Waals surface area contributed by atoms with E-state index in [-0.39, 0.29) is 23.8 Å². The van der Waals surface area contributed by atoms with Gasteiger partial charge in [-0.05, 0) is 13.1 Å². The van der Waals surface area contributed by atoms with Crippen molar-refractivity contribution < 1.29 is 18.6 Å². The molecule has 0 heterocycles. The first kappa shape index (κ1) is 13.8. The van der Waals surface area contributed by atoms with Crippen molar-refractivity contribution in [2.24, 2.45) is 0 Å². The molecule has 0 spiro atoms. The Bertz CT molecular complexity index is 473. The monoisotopic (exact) mass is 260 g/mol. The van der Waals surface area contributed by atoms with Crippen LogP contribution in [0.2, 0.25) is 0 Å². The number of phenolic OH excluding ortho intramolecular Hbond substituents is 2. The maximum absolute atomic E-state index is 11.1. The van der Waals surface area contributed by atoms with E-state index in [2.05, 4.69) is 10.0 Å². The van der Waals surface area contributed by atoms with Crippen LogP contribution in [-0.2, 0) is 16.6 Å². The third-order valence-electron chi connectivity index (χ3n) is 2.27. The van der Waals surface area contributed by atoms with Crippen LogP contribution < -0.4 is 10.0 Å². The molecule has 0 aliphatic carbocycles. The lowest BCUT2D eigenvalue weighted by Crippen LogP contribution is -2.29. The largest absolute Gasteiger partial charge is 0.504 e. The third-order valence-corrected chi connectivity index (χ3v) is 3.64. The van der Waals surface area contributed by atoms with Crippen LogP contribution in [0.5, 0.6) is 11.5 Å². The van der Waals surface area contributed by atoms with Gasteiger partial charge in [0.1, 0.15) is 0 Å². The van der Waals surface area contributed by atoms with Crippen molar-refractivity contribution in [1.82, 2.24) is 10.0 Å². The van der Waals surface area contributed by atoms with Gasteiger partial charge in [0, 0.05) is 18.7 Å². The molecular formula is C10H16N2O4S. The maximum atomic E-state index is 11.1. The number of para-hydroxylation sites is 1. The van der Waals surface area contributed by atoms with Crippen LogP contribution in [0.15, 0.2) is 18.2 Å². The Hall–Kier alpha value is -1.31. The minimum absolute atomic E-state index is 0.0386. The number of phenols is 2. The van der Waals surface area contributed by atoms with E-state index in [1.54, 1.807) is 12.1 Å². The lowest BCUT2D eigenvalue weighted by atomic mass is 10.2. The number of hydrogen-bond acceptors (Lipinski definition) is 5. The van der Waals surface area contributed by atoms with Gasteiger partial charge >= 0.3 is 0 Å². The molecule has 0 aliphatic heterocycles. The Morgan fingerprint density at radius 3 is 2.65 bits per heavy atom. The summed E-state index contributed by atoms with van der Waals surface area (Å²) in [6.45, 7) is 0.553. The maximum Gasteiger partial charge on any atom is 0.212 e. The van der Waals surface area contributed by atoms with Gasteiger partial charge in [0.2, 0.25) is 10.0 Å². The second-order valence-electron chi connectivity index (χ2n) is 3.48. The molecule has 1 rings (SSSR count). The van der Waals surface area contributed by atoms with Gasteiger partial charge in [-0.1, -0.05) is 12.1 Å². The SMILES string of the molecule is CNS(=O)(=O)CCNCc1cccc(O)c1O. The molecule has 96 valence electrons. The molecule has 0 bridgehead atoms. The molecule has 1 aromatic rings. The van der Waals surface area contributed by atoms with E-state index in [4.69, 9.17) is 0 Å². The van der Waals surface area contributed by atoms with Crippen molar-refractivity contribution in [3.8, 4) is 11.5 Å². The van der Waals surface area contributed by atoms with E-state index in [0.717, 1.165) is 0 Å². The highest BCUT2D eigenvalue weighted by Crippen LogP contribution is 2.27. The molecule has 7 heteroatoms. The highest BCUT2D eigenvalue weighted by atomic mass is 32.2. The van der Waals surface area contributed by atoms with E-state index in [1.165, 1.54) is 13.1 Å². The first-order valence-corrected chi connectivity index (χ1v) is 6.73. The van der Waals surface area contributed by atoms with Gasteiger partial charge in [-0.3, -0.25) is 0 Å². The van der Waals surface area contributed by atoms with Crippen LogP contribution in [0.25, 0.3) is 0 Å². The van der Waals surface area contributed by atoms with Gasteiger partial charge in [0.05, 0.1) is 5.75 Å². The highest BCUT2D eigenvalue weighted by molar-refractivity contribution is 7.89. The van der Waals surface area contributed by atoms with Gasteiger partial charge < -0.3 is 15.5 Å². The van der Waals surface area contributed by atoms with Crippen molar-refractivity contribution >= 4 is 10.0 Å². The summed E-state index contributed by atoms with van der Waals surface area (Å²) in [5.74, 6) is -0.410. The fraction of sp³-hybridized carbons (Fsp3) is 0.400. The molecule has 0 aliphatic rings. The summed E-state index contributed by atoms with van der Waals surface area (Å²) in [6, 6.07) is 4.63. The van der Waals surface area contributed by atoms with E-state index in [1.807, 2.05) is 0 Å². The molecule has 6 nitrogen and oxygen atoms in total. The first-order chi connectivity index (χ1) is 7.96. The number of sulfonamides is 1. The average Bonchev–Trinajstić information content (AvgIpc) is 2.30. The summed E-state index contributed by atoms with van der Waals surface area (Å²) in [4.78, 5) is 0. The molecule has 0 saturated carbocycles. The van der Waals surface area contributed by atoms with Gasteiger partial charge in [-0.15, -0.1) is 0 Å². The highest BCUT2D eigenvalue weighted by Gasteiger charge is 2.07. The van der Waals surface area contributed by atoms with Crippen molar-refractivity contribution in [3.63, 3.8) is 0 Å². The molecule has 17 heavy (non-hydrogen) atoms. The second kappa shape index (κ2) is 5.85. The number of rotatable bonds is 6. The van der Waals surface area contributed by atoms with Crippen molar-refractivity contribution in [2.75, 3.05) is 19.3 Å². The number of aromatic hydroxyl groups is 2. The predicted octanol–water partition coefficient (Wildman–Crippen LogP) is -0.263. The number of nitrogens with one attached hydrogen (secondary N) is 2. The first-order valence-electron chi connectivity index (χ1n) is 5.08. The van der Waals surface area contributed by atoms with Gasteiger partial charge in [-0.25, -0.2) is 13.1 Å². The van der Waals surface area contributed by atoms with Crippen LogP contribution in [0.4, 0.5) is 0 Å². The van der Waals surface area contributed by atoms with Crippen molar-refractivity contribution in [2.45, 2.75) is 6.54 Å². The van der Waals surface area contributed by atoms with E-state index in [9.17, 15) is 18.6 Å². The molecular weight excluding hydrogens is 244 g/mol. The Labute approximate surface area is 100 Å². The summed E-state index contributed by atoms with van der Waals surface area (Å²) in [7, 11) is -1.86. The van der Waals surface area contributed by atoms with E-state index >= 15 is 0 Å². The Kier molecular flexibility index (Phi) is 4.73. The van der Waals surface area contributed by atoms with Crippen LogP contribution in [0.3, 0.4) is 0 Å². The minimum Gasteiger partial charge on any atom is -0.504 e. The third kappa shape index (κ3) is 4.22. The molecule has 1 aromatic carbocycles. The lowest BCUT2D eigenvalue weighted by Gasteiger charge is -2.07. The zero-order valence-corrected chi connectivity index (χ0v) is 10.3. The standard InChI is InChI=1S/C10H16N2O4S/c1-11-17(15,16)6-5-12-7-8-3-2-4-9(13)10(8)14/h2-4,11-14H,5-7H2,1H3. The minimum atomic E-state index is -3.22. The van der Waals surface area contributed by atoms with E-state index in [0.29, 0.717) is 12.1 Å². The topological polar surface area (TPSA) is 98.7 Å². The number of hydrogen-bond donors (Lipinski definition) is 4. The van der Waals surface area contributed by atoms with Crippen LogP contribution in [0.1, 0.15) is 5.56 Å². The second-order valence-corrected chi connectivity index (χ2v) is 5.53. The van der Waals surface area contributed by atoms with Crippen molar-refractivity contribution in [1.29, 1.82) is 0 Å². The molecule has 0 aromatic heterocycles. The molecule has 0 amide bonds. The quantitative estimate of drug-likeness (QED) is 0.417. The molecule has 0 atom stereocenters. The zero-order valence-electron chi connectivity index (χ0n) is 9.47. The van der Waals surface area contributed by atoms with Gasteiger partial charge in [-0.2, -0.15) is 0 Å². The normalized spacial score (nSPS) is 11.6. The molecule has 0 saturated heterocycles. The average molecular weight is 260 g/mol. The van der Waals surface area contributed by atoms with Crippen molar-refractivity contribution in [3.05, 3.63) is 23.8 Å². The smallest absolute Gasteiger partial charge is 0.212 e. The Morgan fingerprint density at radius 2 is 2.00 bits per heavy atom. The van der Waals surface area contributed by atoms with E-state index < -0.39 is 10.0 Å². The van der Waals surface area contributed by atoms with Crippen LogP contribution in [0, 0.1) is 0 Å². The van der Waals surface area contributed by atoms with Crippen LogP contribution >= 0.6 is 0 Å². The fourth-order valence-electron chi connectivity index (χ4n) is 1.25. The van der Waals surface area contributed by atoms with Crippen LogP contribution in [-0.4, -0.2) is 38.0 Å². The molecule has 0 unspecified atom stereocenters. The zero-order chi connectivity index (χ0) is 12.9. The van der Waals surface area contributed by atoms with Gasteiger partial charge in [0.15, 0.2) is 11.5 Å². The number of benzene rings is 1. The summed E-state index contributed by atoms with van der Waals surface area (Å²) in [6.07, 6.45) is 0.